The molecule has 112 valence electrons. The summed E-state index contributed by atoms with van der Waals surface area (Å²) in [6.45, 7) is 2.47. The smallest absolute Gasteiger partial charge is 0.255 e. The molecule has 5 nitrogen and oxygen atoms in total. The van der Waals surface area contributed by atoms with Crippen LogP contribution < -0.4 is 5.32 Å². The van der Waals surface area contributed by atoms with E-state index < -0.39 is 6.10 Å². The zero-order valence-corrected chi connectivity index (χ0v) is 12.2. The number of rotatable bonds is 6. The van der Waals surface area contributed by atoms with Crippen LogP contribution in [-0.4, -0.2) is 35.6 Å². The first-order valence-electron chi connectivity index (χ1n) is 6.86. The number of para-hydroxylation sites is 1. The highest BCUT2D eigenvalue weighted by atomic mass is 16.3. The Hall–Kier alpha value is -2.27. The molecule has 0 aliphatic rings. The highest BCUT2D eigenvalue weighted by molar-refractivity contribution is 5.99. The van der Waals surface area contributed by atoms with Crippen molar-refractivity contribution in [1.29, 1.82) is 0 Å². The van der Waals surface area contributed by atoms with E-state index in [9.17, 15) is 9.90 Å². The van der Waals surface area contributed by atoms with E-state index in [1.54, 1.807) is 26.3 Å². The number of aliphatic hydroxyl groups excluding tert-OH is 1. The Balaban J connectivity index is 2.10. The summed E-state index contributed by atoms with van der Waals surface area (Å²) in [7, 11) is 1.68. The maximum atomic E-state index is 12.4. The Morgan fingerprint density at radius 3 is 2.76 bits per heavy atom. The summed E-state index contributed by atoms with van der Waals surface area (Å²) in [5, 5.41) is 12.6. The molecule has 5 heteroatoms. The molecule has 1 aromatic carbocycles. The van der Waals surface area contributed by atoms with Crippen LogP contribution in [0.1, 0.15) is 23.0 Å². The summed E-state index contributed by atoms with van der Waals surface area (Å²) in [4.78, 5) is 13.9. The van der Waals surface area contributed by atoms with Gasteiger partial charge in [-0.2, -0.15) is 0 Å². The van der Waals surface area contributed by atoms with E-state index in [-0.39, 0.29) is 5.91 Å². The van der Waals surface area contributed by atoms with Crippen molar-refractivity contribution in [3.05, 3.63) is 54.0 Å². The Morgan fingerprint density at radius 1 is 1.33 bits per heavy atom. The maximum Gasteiger partial charge on any atom is 0.255 e. The van der Waals surface area contributed by atoms with E-state index in [4.69, 9.17) is 4.42 Å². The van der Waals surface area contributed by atoms with E-state index >= 15 is 0 Å². The minimum absolute atomic E-state index is 0.126. The van der Waals surface area contributed by atoms with Crippen LogP contribution in [0.4, 0.5) is 5.69 Å². The number of hydrogen-bond acceptors (Lipinski definition) is 4. The van der Waals surface area contributed by atoms with Crippen LogP contribution in [0.2, 0.25) is 0 Å². The van der Waals surface area contributed by atoms with Gasteiger partial charge >= 0.3 is 0 Å². The van der Waals surface area contributed by atoms with Gasteiger partial charge in [-0.05, 0) is 31.2 Å². The number of carbonyl (C=O) groups is 1. The minimum Gasteiger partial charge on any atom is -0.467 e. The fourth-order valence-corrected chi connectivity index (χ4v) is 2.10. The molecule has 1 amide bonds. The number of nitrogens with zero attached hydrogens (tertiary/aromatic N) is 1. The monoisotopic (exact) mass is 288 g/mol. The minimum atomic E-state index is -0.554. The van der Waals surface area contributed by atoms with E-state index in [2.05, 4.69) is 5.32 Å². The van der Waals surface area contributed by atoms with Gasteiger partial charge in [-0.1, -0.05) is 12.1 Å². The van der Waals surface area contributed by atoms with Crippen molar-refractivity contribution in [3.8, 4) is 0 Å². The lowest BCUT2D eigenvalue weighted by molar-refractivity contribution is 0.0704. The van der Waals surface area contributed by atoms with Crippen LogP contribution in [0.3, 0.4) is 0 Å². The third-order valence-electron chi connectivity index (χ3n) is 3.08. The van der Waals surface area contributed by atoms with Crippen molar-refractivity contribution in [2.24, 2.45) is 0 Å². The Morgan fingerprint density at radius 2 is 2.10 bits per heavy atom. The molecule has 1 atom stereocenters. The van der Waals surface area contributed by atoms with Crippen LogP contribution >= 0.6 is 0 Å². The molecule has 0 aliphatic heterocycles. The predicted molar refractivity (Wildman–Crippen MR) is 81.1 cm³/mol. The summed E-state index contributed by atoms with van der Waals surface area (Å²) in [5.74, 6) is 0.674. The summed E-state index contributed by atoms with van der Waals surface area (Å²) in [5.41, 5.74) is 1.32. The van der Waals surface area contributed by atoms with Gasteiger partial charge in [-0.15, -0.1) is 0 Å². The largest absolute Gasteiger partial charge is 0.467 e. The van der Waals surface area contributed by atoms with Crippen LogP contribution in [-0.2, 0) is 6.54 Å². The fourth-order valence-electron chi connectivity index (χ4n) is 2.10. The van der Waals surface area contributed by atoms with Crippen molar-refractivity contribution in [2.75, 3.05) is 18.9 Å². The molecular weight excluding hydrogens is 268 g/mol. The molecule has 0 spiro atoms. The first kappa shape index (κ1) is 15.1. The summed E-state index contributed by atoms with van der Waals surface area (Å²) >= 11 is 0. The zero-order valence-electron chi connectivity index (χ0n) is 12.2. The molecule has 2 aromatic rings. The topological polar surface area (TPSA) is 65.7 Å². The van der Waals surface area contributed by atoms with E-state index in [0.717, 1.165) is 11.4 Å². The average Bonchev–Trinajstić information content (AvgIpc) is 2.97. The van der Waals surface area contributed by atoms with E-state index in [1.165, 1.54) is 4.90 Å². The summed E-state index contributed by atoms with van der Waals surface area (Å²) < 4.78 is 5.26. The SMILES string of the molecule is C[C@@H](O)CN(C)C(=O)c1ccccc1NCc1ccco1. The van der Waals surface area contributed by atoms with Crippen molar-refractivity contribution < 1.29 is 14.3 Å². The van der Waals surface area contributed by atoms with Crippen molar-refractivity contribution >= 4 is 11.6 Å². The molecule has 0 aliphatic carbocycles. The third-order valence-corrected chi connectivity index (χ3v) is 3.08. The Kier molecular flexibility index (Phi) is 5.00. The van der Waals surface area contributed by atoms with E-state index in [0.29, 0.717) is 18.7 Å². The van der Waals surface area contributed by atoms with E-state index in [1.807, 2.05) is 30.3 Å². The lowest BCUT2D eigenvalue weighted by Gasteiger charge is -2.20. The number of aliphatic hydroxyl groups is 1. The number of likely N-dealkylation sites (N-methyl/N-ethyl adjacent to an activating group) is 1. The van der Waals surface area contributed by atoms with Gasteiger partial charge in [0.25, 0.3) is 5.91 Å². The van der Waals surface area contributed by atoms with Gasteiger partial charge in [0.1, 0.15) is 5.76 Å². The number of benzene rings is 1. The van der Waals surface area contributed by atoms with Gasteiger partial charge in [-0.25, -0.2) is 0 Å². The molecule has 0 radical (unpaired) electrons. The fraction of sp³-hybridized carbons (Fsp3) is 0.312. The van der Waals surface area contributed by atoms with Crippen LogP contribution in [0.5, 0.6) is 0 Å². The molecule has 0 saturated carbocycles. The number of carbonyl (C=O) groups excluding carboxylic acids is 1. The molecule has 0 fully saturated rings. The molecule has 0 unspecified atom stereocenters. The highest BCUT2D eigenvalue weighted by Crippen LogP contribution is 2.18. The van der Waals surface area contributed by atoms with Gasteiger partial charge in [0.2, 0.25) is 0 Å². The first-order chi connectivity index (χ1) is 10.1. The molecule has 1 heterocycles. The number of hydrogen-bond donors (Lipinski definition) is 2. The van der Waals surface area contributed by atoms with Gasteiger partial charge in [0.15, 0.2) is 0 Å². The van der Waals surface area contributed by atoms with Gasteiger partial charge < -0.3 is 19.7 Å². The van der Waals surface area contributed by atoms with Crippen LogP contribution in [0.25, 0.3) is 0 Å². The second-order valence-electron chi connectivity index (χ2n) is 5.01. The van der Waals surface area contributed by atoms with Crippen LogP contribution in [0, 0.1) is 0 Å². The maximum absolute atomic E-state index is 12.4. The lowest BCUT2D eigenvalue weighted by atomic mass is 10.1. The quantitative estimate of drug-likeness (QED) is 0.856. The number of nitrogens with one attached hydrogen (secondary N) is 1. The molecular formula is C16H20N2O3. The highest BCUT2D eigenvalue weighted by Gasteiger charge is 2.16. The molecule has 2 rings (SSSR count). The molecule has 2 N–H and O–H groups in total. The lowest BCUT2D eigenvalue weighted by Crippen LogP contribution is -2.33. The Labute approximate surface area is 124 Å². The number of anilines is 1. The first-order valence-corrected chi connectivity index (χ1v) is 6.86. The second kappa shape index (κ2) is 6.95. The average molecular weight is 288 g/mol. The third kappa shape index (κ3) is 4.10. The molecule has 1 aromatic heterocycles. The number of furan rings is 1. The standard InChI is InChI=1S/C16H20N2O3/c1-12(19)11-18(2)16(20)14-7-3-4-8-15(14)17-10-13-6-5-9-21-13/h3-9,12,17,19H,10-11H2,1-2H3/t12-/m1/s1. The van der Waals surface area contributed by atoms with Crippen molar-refractivity contribution in [1.82, 2.24) is 4.90 Å². The molecule has 21 heavy (non-hydrogen) atoms. The second-order valence-corrected chi connectivity index (χ2v) is 5.01. The molecule has 0 bridgehead atoms. The summed E-state index contributed by atoms with van der Waals surface area (Å²) in [6.07, 6.45) is 1.06. The Bertz CT molecular complexity index is 579. The van der Waals surface area contributed by atoms with Gasteiger partial charge in [0, 0.05) is 19.3 Å². The predicted octanol–water partition coefficient (Wildman–Crippen LogP) is 2.34. The molecule has 0 saturated heterocycles. The zero-order chi connectivity index (χ0) is 15.2. The van der Waals surface area contributed by atoms with Gasteiger partial charge in [-0.3, -0.25) is 4.79 Å². The summed E-state index contributed by atoms with van der Waals surface area (Å²) in [6, 6.07) is 11.0. The van der Waals surface area contributed by atoms with Crippen molar-refractivity contribution in [2.45, 2.75) is 19.6 Å². The number of amides is 1. The normalized spacial score (nSPS) is 12.0. The van der Waals surface area contributed by atoms with Gasteiger partial charge in [0.05, 0.1) is 24.5 Å². The van der Waals surface area contributed by atoms with Crippen molar-refractivity contribution in [3.63, 3.8) is 0 Å². The van der Waals surface area contributed by atoms with Crippen LogP contribution in [0.15, 0.2) is 47.1 Å².